The van der Waals surface area contributed by atoms with Gasteiger partial charge in [0.05, 0.1) is 6.54 Å². The molecule has 1 saturated heterocycles. The molecule has 0 spiro atoms. The number of aryl methyl sites for hydroxylation is 1. The first-order valence-electron chi connectivity index (χ1n) is 8.78. The van der Waals surface area contributed by atoms with E-state index in [1.54, 1.807) is 32.2 Å². The van der Waals surface area contributed by atoms with Gasteiger partial charge < -0.3 is 10.3 Å². The first-order chi connectivity index (χ1) is 12.7. The molecule has 9 heteroatoms. The number of rotatable bonds is 5. The predicted molar refractivity (Wildman–Crippen MR) is 96.7 cm³/mol. The molecule has 6 nitrogen and oxygen atoms in total. The molecule has 2 aromatic rings. The van der Waals surface area contributed by atoms with E-state index in [9.17, 15) is 18.0 Å². The molecule has 1 unspecified atom stereocenters. The minimum atomic E-state index is -4.15. The molecular weight excluding hydrogens is 359 g/mol. The first-order valence-corrected chi connectivity index (χ1v) is 8.78. The number of hydrogen-bond donors (Lipinski definition) is 2. The van der Waals surface area contributed by atoms with Crippen molar-refractivity contribution in [2.45, 2.75) is 26.4 Å². The lowest BCUT2D eigenvalue weighted by Crippen LogP contribution is -2.33. The van der Waals surface area contributed by atoms with E-state index in [4.69, 9.17) is 0 Å². The third kappa shape index (κ3) is 5.06. The molecule has 27 heavy (non-hydrogen) atoms. The lowest BCUT2D eigenvalue weighted by atomic mass is 10.1. The fraction of sp³-hybridized carbons (Fsp3) is 0.500. The summed E-state index contributed by atoms with van der Waals surface area (Å²) in [5.74, 6) is 1.26. The second-order valence-corrected chi connectivity index (χ2v) is 6.94. The van der Waals surface area contributed by atoms with E-state index in [1.807, 2.05) is 0 Å². The quantitative estimate of drug-likeness (QED) is 0.833. The van der Waals surface area contributed by atoms with Crippen molar-refractivity contribution in [3.63, 3.8) is 0 Å². The van der Waals surface area contributed by atoms with Gasteiger partial charge in [-0.25, -0.2) is 9.97 Å². The van der Waals surface area contributed by atoms with Crippen LogP contribution in [0.4, 0.5) is 19.0 Å². The molecule has 0 radical (unpaired) electrons. The van der Waals surface area contributed by atoms with Gasteiger partial charge in [-0.2, -0.15) is 13.2 Å². The van der Waals surface area contributed by atoms with Gasteiger partial charge in [0.1, 0.15) is 11.6 Å². The van der Waals surface area contributed by atoms with E-state index in [0.29, 0.717) is 48.1 Å². The van der Waals surface area contributed by atoms with E-state index in [-0.39, 0.29) is 11.5 Å². The Hall–Kier alpha value is -2.42. The maximum absolute atomic E-state index is 12.4. The van der Waals surface area contributed by atoms with Crippen LogP contribution in [0.15, 0.2) is 23.1 Å². The standard InChI is InChI=1S/C18H22F3N5O/c1-11-12(2)24-16(25-17(11)27)14-3-4-15(23-8-14)22-7-13-5-6-26(9-13)10-18(19,20)21/h3-4,8,13H,5-7,9-10H2,1-2H3,(H,22,23)(H,24,25,27). The zero-order valence-electron chi connectivity index (χ0n) is 15.2. The molecule has 0 bridgehead atoms. The van der Waals surface area contributed by atoms with Crippen LogP contribution in [0.5, 0.6) is 0 Å². The van der Waals surface area contributed by atoms with Crippen molar-refractivity contribution < 1.29 is 13.2 Å². The van der Waals surface area contributed by atoms with Crippen molar-refractivity contribution >= 4 is 5.82 Å². The van der Waals surface area contributed by atoms with Crippen molar-refractivity contribution in [3.8, 4) is 11.4 Å². The molecule has 1 aliphatic heterocycles. The number of likely N-dealkylation sites (tertiary alicyclic amines) is 1. The highest BCUT2D eigenvalue weighted by molar-refractivity contribution is 5.56. The Morgan fingerprint density at radius 3 is 2.74 bits per heavy atom. The zero-order chi connectivity index (χ0) is 19.6. The maximum Gasteiger partial charge on any atom is 0.401 e. The maximum atomic E-state index is 12.4. The molecule has 0 saturated carbocycles. The number of hydrogen-bond acceptors (Lipinski definition) is 5. The Morgan fingerprint density at radius 2 is 2.11 bits per heavy atom. The first kappa shape index (κ1) is 19.3. The van der Waals surface area contributed by atoms with Crippen LogP contribution in [0.1, 0.15) is 17.7 Å². The van der Waals surface area contributed by atoms with Gasteiger partial charge in [-0.1, -0.05) is 0 Å². The minimum absolute atomic E-state index is 0.159. The van der Waals surface area contributed by atoms with Crippen LogP contribution < -0.4 is 10.9 Å². The Bertz CT molecular complexity index is 848. The van der Waals surface area contributed by atoms with Crippen LogP contribution in [-0.4, -0.2) is 52.2 Å². The summed E-state index contributed by atoms with van der Waals surface area (Å²) in [6.07, 6.45) is -1.81. The Kier molecular flexibility index (Phi) is 5.50. The van der Waals surface area contributed by atoms with Crippen molar-refractivity contribution in [1.29, 1.82) is 0 Å². The molecule has 0 amide bonds. The third-order valence-electron chi connectivity index (χ3n) is 4.78. The molecular formula is C18H22F3N5O. The molecule has 3 rings (SSSR count). The predicted octanol–water partition coefficient (Wildman–Crippen LogP) is 2.74. The van der Waals surface area contributed by atoms with Crippen LogP contribution in [0.25, 0.3) is 11.4 Å². The summed E-state index contributed by atoms with van der Waals surface area (Å²) in [6, 6.07) is 3.57. The average molecular weight is 381 g/mol. The van der Waals surface area contributed by atoms with Gasteiger partial charge in [-0.3, -0.25) is 9.69 Å². The van der Waals surface area contributed by atoms with Crippen LogP contribution >= 0.6 is 0 Å². The largest absolute Gasteiger partial charge is 0.401 e. The summed E-state index contributed by atoms with van der Waals surface area (Å²) in [7, 11) is 0. The Morgan fingerprint density at radius 1 is 1.33 bits per heavy atom. The summed E-state index contributed by atoms with van der Waals surface area (Å²) in [5, 5.41) is 3.17. The second-order valence-electron chi connectivity index (χ2n) is 6.94. The number of alkyl halides is 3. The fourth-order valence-corrected chi connectivity index (χ4v) is 3.15. The van der Waals surface area contributed by atoms with Gasteiger partial charge in [0.15, 0.2) is 0 Å². The van der Waals surface area contributed by atoms with Gasteiger partial charge >= 0.3 is 6.18 Å². The summed E-state index contributed by atoms with van der Waals surface area (Å²) in [4.78, 5) is 24.7. The molecule has 1 fully saturated rings. The van der Waals surface area contributed by atoms with Crippen LogP contribution in [0, 0.1) is 19.8 Å². The van der Waals surface area contributed by atoms with Crippen molar-refractivity contribution in [3.05, 3.63) is 39.9 Å². The van der Waals surface area contributed by atoms with Crippen molar-refractivity contribution in [2.24, 2.45) is 5.92 Å². The number of H-pyrrole nitrogens is 1. The van der Waals surface area contributed by atoms with Crippen LogP contribution in [0.3, 0.4) is 0 Å². The van der Waals surface area contributed by atoms with E-state index in [2.05, 4.69) is 20.3 Å². The molecule has 1 aliphatic rings. The molecule has 3 heterocycles. The Labute approximate surface area is 154 Å². The number of halogens is 3. The highest BCUT2D eigenvalue weighted by Crippen LogP contribution is 2.23. The van der Waals surface area contributed by atoms with Gasteiger partial charge in [0.2, 0.25) is 0 Å². The van der Waals surface area contributed by atoms with Crippen LogP contribution in [0.2, 0.25) is 0 Å². The fourth-order valence-electron chi connectivity index (χ4n) is 3.15. The molecule has 1 atom stereocenters. The number of nitrogens with one attached hydrogen (secondary N) is 2. The van der Waals surface area contributed by atoms with Crippen LogP contribution in [-0.2, 0) is 0 Å². The molecule has 146 valence electrons. The molecule has 2 N–H and O–H groups in total. The summed E-state index contributed by atoms with van der Waals surface area (Å²) >= 11 is 0. The topological polar surface area (TPSA) is 73.9 Å². The summed E-state index contributed by atoms with van der Waals surface area (Å²) < 4.78 is 37.3. The molecule has 0 aromatic carbocycles. The van der Waals surface area contributed by atoms with E-state index < -0.39 is 12.7 Å². The van der Waals surface area contributed by atoms with Gasteiger partial charge in [0.25, 0.3) is 5.56 Å². The minimum Gasteiger partial charge on any atom is -0.370 e. The average Bonchev–Trinajstić information content (AvgIpc) is 3.03. The van der Waals surface area contributed by atoms with Gasteiger partial charge in [0, 0.05) is 36.1 Å². The SMILES string of the molecule is Cc1nc(-c2ccc(NCC3CCN(CC(F)(F)F)C3)nc2)[nH]c(=O)c1C. The van der Waals surface area contributed by atoms with E-state index in [1.165, 1.54) is 4.90 Å². The monoisotopic (exact) mass is 381 g/mol. The van der Waals surface area contributed by atoms with Crippen molar-refractivity contribution in [1.82, 2.24) is 19.9 Å². The van der Waals surface area contributed by atoms with Gasteiger partial charge in [-0.05, 0) is 44.9 Å². The summed E-state index contributed by atoms with van der Waals surface area (Å²) in [6.45, 7) is 4.11. The Balaban J connectivity index is 1.57. The highest BCUT2D eigenvalue weighted by atomic mass is 19.4. The van der Waals surface area contributed by atoms with E-state index in [0.717, 1.165) is 6.42 Å². The van der Waals surface area contributed by atoms with E-state index >= 15 is 0 Å². The summed E-state index contributed by atoms with van der Waals surface area (Å²) in [5.41, 5.74) is 1.77. The molecule has 0 aliphatic carbocycles. The normalized spacial score (nSPS) is 18.0. The third-order valence-corrected chi connectivity index (χ3v) is 4.78. The number of aromatic amines is 1. The van der Waals surface area contributed by atoms with Gasteiger partial charge in [-0.15, -0.1) is 0 Å². The number of aromatic nitrogens is 3. The smallest absolute Gasteiger partial charge is 0.370 e. The highest BCUT2D eigenvalue weighted by Gasteiger charge is 2.34. The van der Waals surface area contributed by atoms with Crippen molar-refractivity contribution in [2.75, 3.05) is 31.5 Å². The number of nitrogens with zero attached hydrogens (tertiary/aromatic N) is 3. The lowest BCUT2D eigenvalue weighted by Gasteiger charge is -2.18. The molecule has 2 aromatic heterocycles. The number of anilines is 1. The lowest BCUT2D eigenvalue weighted by molar-refractivity contribution is -0.143. The number of pyridine rings is 1. The second kappa shape index (κ2) is 7.67. The zero-order valence-corrected chi connectivity index (χ0v) is 15.2.